The molecule has 0 bridgehead atoms. The molecule has 1 aliphatic carbocycles. The Kier molecular flexibility index (Phi) is 4.76. The molecule has 6 heteroatoms. The first-order valence-corrected chi connectivity index (χ1v) is 8.65. The molecule has 22 heavy (non-hydrogen) atoms. The van der Waals surface area contributed by atoms with Gasteiger partial charge in [0, 0.05) is 12.6 Å². The molecule has 0 unspecified atom stereocenters. The molecule has 1 amide bonds. The van der Waals surface area contributed by atoms with Crippen LogP contribution in [-0.4, -0.2) is 51.5 Å². The van der Waals surface area contributed by atoms with E-state index in [1.807, 2.05) is 16.5 Å². The van der Waals surface area contributed by atoms with E-state index in [4.69, 9.17) is 0 Å². The fourth-order valence-corrected chi connectivity index (χ4v) is 3.86. The van der Waals surface area contributed by atoms with E-state index >= 15 is 0 Å². The zero-order chi connectivity index (χ0) is 15.5. The van der Waals surface area contributed by atoms with E-state index in [2.05, 4.69) is 22.6 Å². The van der Waals surface area contributed by atoms with Gasteiger partial charge in [-0.3, -0.25) is 4.79 Å². The Hall–Kier alpha value is -1.43. The van der Waals surface area contributed by atoms with Crippen molar-refractivity contribution in [2.75, 3.05) is 19.6 Å². The Bertz CT molecular complexity index is 515. The molecule has 0 radical (unpaired) electrons. The summed E-state index contributed by atoms with van der Waals surface area (Å²) in [4.78, 5) is 14.9. The van der Waals surface area contributed by atoms with Crippen molar-refractivity contribution in [2.45, 2.75) is 64.5 Å². The summed E-state index contributed by atoms with van der Waals surface area (Å²) in [5.74, 6) is 0.0621. The molecule has 1 saturated heterocycles. The van der Waals surface area contributed by atoms with E-state index < -0.39 is 0 Å². The van der Waals surface area contributed by atoms with E-state index in [-0.39, 0.29) is 5.91 Å². The Morgan fingerprint density at radius 2 is 1.95 bits per heavy atom. The SMILES string of the molecule is CCN(C(=O)c1nnn(C2CCNCC2)c1C)C1CCCC1. The van der Waals surface area contributed by atoms with Crippen LogP contribution in [0.3, 0.4) is 0 Å². The van der Waals surface area contributed by atoms with Gasteiger partial charge in [0.25, 0.3) is 5.91 Å². The number of nitrogens with one attached hydrogen (secondary N) is 1. The second kappa shape index (κ2) is 6.77. The van der Waals surface area contributed by atoms with E-state index in [1.165, 1.54) is 12.8 Å². The zero-order valence-electron chi connectivity index (χ0n) is 13.7. The molecule has 1 aliphatic heterocycles. The number of aromatic nitrogens is 3. The van der Waals surface area contributed by atoms with Gasteiger partial charge in [-0.05, 0) is 52.6 Å². The van der Waals surface area contributed by atoms with Gasteiger partial charge in [0.2, 0.25) is 0 Å². The quantitative estimate of drug-likeness (QED) is 0.923. The van der Waals surface area contributed by atoms with Gasteiger partial charge < -0.3 is 10.2 Å². The lowest BCUT2D eigenvalue weighted by atomic mass is 10.1. The molecule has 2 heterocycles. The maximum absolute atomic E-state index is 12.9. The summed E-state index contributed by atoms with van der Waals surface area (Å²) in [5, 5.41) is 11.9. The summed E-state index contributed by atoms with van der Waals surface area (Å²) in [6.07, 6.45) is 6.82. The molecular formula is C16H27N5O. The maximum atomic E-state index is 12.9. The monoisotopic (exact) mass is 305 g/mol. The smallest absolute Gasteiger partial charge is 0.276 e. The third-order valence-corrected chi connectivity index (χ3v) is 5.15. The van der Waals surface area contributed by atoms with Crippen LogP contribution in [0.25, 0.3) is 0 Å². The average molecular weight is 305 g/mol. The molecule has 122 valence electrons. The minimum atomic E-state index is 0.0621. The van der Waals surface area contributed by atoms with Crippen LogP contribution in [0.2, 0.25) is 0 Å². The van der Waals surface area contributed by atoms with Gasteiger partial charge in [-0.25, -0.2) is 4.68 Å². The van der Waals surface area contributed by atoms with E-state index in [0.717, 1.165) is 51.0 Å². The molecule has 1 aromatic heterocycles. The first-order valence-electron chi connectivity index (χ1n) is 8.65. The molecule has 1 N–H and O–H groups in total. The average Bonchev–Trinajstić information content (AvgIpc) is 3.19. The molecule has 6 nitrogen and oxygen atoms in total. The van der Waals surface area contributed by atoms with Crippen molar-refractivity contribution < 1.29 is 4.79 Å². The Balaban J connectivity index is 1.78. The van der Waals surface area contributed by atoms with E-state index in [9.17, 15) is 4.79 Å². The van der Waals surface area contributed by atoms with Gasteiger partial charge in [0.15, 0.2) is 5.69 Å². The summed E-state index contributed by atoms with van der Waals surface area (Å²) >= 11 is 0. The van der Waals surface area contributed by atoms with Crippen molar-refractivity contribution in [2.24, 2.45) is 0 Å². The van der Waals surface area contributed by atoms with Gasteiger partial charge in [0.05, 0.1) is 11.7 Å². The van der Waals surface area contributed by atoms with E-state index in [0.29, 0.717) is 17.8 Å². The largest absolute Gasteiger partial charge is 0.334 e. The topological polar surface area (TPSA) is 63.1 Å². The summed E-state index contributed by atoms with van der Waals surface area (Å²) in [6.45, 7) is 6.82. The number of hydrogen-bond donors (Lipinski definition) is 1. The number of piperidine rings is 1. The van der Waals surface area contributed by atoms with Gasteiger partial charge in [-0.1, -0.05) is 18.1 Å². The number of nitrogens with zero attached hydrogens (tertiary/aromatic N) is 4. The van der Waals surface area contributed by atoms with Gasteiger partial charge in [0.1, 0.15) is 0 Å². The second-order valence-electron chi connectivity index (χ2n) is 6.48. The van der Waals surface area contributed by atoms with Crippen LogP contribution in [0.4, 0.5) is 0 Å². The summed E-state index contributed by atoms with van der Waals surface area (Å²) in [6, 6.07) is 0.762. The maximum Gasteiger partial charge on any atom is 0.276 e. The third kappa shape index (κ3) is 2.89. The molecule has 0 atom stereocenters. The van der Waals surface area contributed by atoms with Crippen LogP contribution in [0.5, 0.6) is 0 Å². The Morgan fingerprint density at radius 3 is 2.59 bits per heavy atom. The van der Waals surface area contributed by atoms with Crippen molar-refractivity contribution >= 4 is 5.91 Å². The van der Waals surface area contributed by atoms with Gasteiger partial charge >= 0.3 is 0 Å². The van der Waals surface area contributed by atoms with Crippen LogP contribution in [0, 0.1) is 6.92 Å². The Morgan fingerprint density at radius 1 is 1.27 bits per heavy atom. The van der Waals surface area contributed by atoms with Crippen molar-refractivity contribution in [3.05, 3.63) is 11.4 Å². The highest BCUT2D eigenvalue weighted by Gasteiger charge is 2.30. The standard InChI is InChI=1S/C16H27N5O/c1-3-20(13-6-4-5-7-13)16(22)15-12(2)21(19-18-15)14-8-10-17-11-9-14/h13-14,17H,3-11H2,1-2H3. The molecule has 2 fully saturated rings. The highest BCUT2D eigenvalue weighted by atomic mass is 16.2. The van der Waals surface area contributed by atoms with Crippen molar-refractivity contribution in [1.29, 1.82) is 0 Å². The molecule has 2 aliphatic rings. The Labute approximate surface area is 132 Å². The lowest BCUT2D eigenvalue weighted by molar-refractivity contribution is 0.0686. The fourth-order valence-electron chi connectivity index (χ4n) is 3.86. The fraction of sp³-hybridized carbons (Fsp3) is 0.812. The van der Waals surface area contributed by atoms with Crippen LogP contribution < -0.4 is 5.32 Å². The normalized spacial score (nSPS) is 20.5. The molecule has 1 aromatic rings. The van der Waals surface area contributed by atoms with E-state index in [1.54, 1.807) is 0 Å². The van der Waals surface area contributed by atoms with Crippen molar-refractivity contribution in [3.8, 4) is 0 Å². The molecule has 3 rings (SSSR count). The highest BCUT2D eigenvalue weighted by Crippen LogP contribution is 2.26. The van der Waals surface area contributed by atoms with Crippen LogP contribution >= 0.6 is 0 Å². The number of hydrogen-bond acceptors (Lipinski definition) is 4. The van der Waals surface area contributed by atoms with Crippen molar-refractivity contribution in [3.63, 3.8) is 0 Å². The van der Waals surface area contributed by atoms with Crippen LogP contribution in [0.1, 0.15) is 67.7 Å². The predicted molar refractivity (Wildman–Crippen MR) is 84.9 cm³/mol. The summed E-state index contributed by atoms with van der Waals surface area (Å²) in [7, 11) is 0. The van der Waals surface area contributed by atoms with Gasteiger partial charge in [-0.2, -0.15) is 0 Å². The predicted octanol–water partition coefficient (Wildman–Crippen LogP) is 1.92. The van der Waals surface area contributed by atoms with Crippen molar-refractivity contribution in [1.82, 2.24) is 25.2 Å². The number of carbonyl (C=O) groups excluding carboxylic acids is 1. The molecular weight excluding hydrogens is 278 g/mol. The molecule has 0 aromatic carbocycles. The molecule has 1 saturated carbocycles. The summed E-state index contributed by atoms with van der Waals surface area (Å²) in [5.41, 5.74) is 1.47. The first-order chi connectivity index (χ1) is 10.7. The minimum absolute atomic E-state index is 0.0621. The summed E-state index contributed by atoms with van der Waals surface area (Å²) < 4.78 is 1.97. The van der Waals surface area contributed by atoms with Gasteiger partial charge in [-0.15, -0.1) is 5.10 Å². The lowest BCUT2D eigenvalue weighted by Crippen LogP contribution is -2.39. The zero-order valence-corrected chi connectivity index (χ0v) is 13.7. The molecule has 0 spiro atoms. The second-order valence-corrected chi connectivity index (χ2v) is 6.48. The lowest BCUT2D eigenvalue weighted by Gasteiger charge is -2.27. The highest BCUT2D eigenvalue weighted by molar-refractivity contribution is 5.93. The number of carbonyl (C=O) groups is 1. The number of rotatable bonds is 4. The third-order valence-electron chi connectivity index (χ3n) is 5.15. The van der Waals surface area contributed by atoms with Crippen LogP contribution in [0.15, 0.2) is 0 Å². The van der Waals surface area contributed by atoms with Crippen LogP contribution in [-0.2, 0) is 0 Å². The minimum Gasteiger partial charge on any atom is -0.334 e. The number of amides is 1. The first kappa shape index (κ1) is 15.5.